The fourth-order valence-electron chi connectivity index (χ4n) is 11.0. The van der Waals surface area contributed by atoms with E-state index in [4.69, 9.17) is 0 Å². The highest BCUT2D eigenvalue weighted by molar-refractivity contribution is 7.26. The van der Waals surface area contributed by atoms with Crippen LogP contribution in [-0.4, -0.2) is 0 Å². The fourth-order valence-corrected chi connectivity index (χ4v) is 12.2. The molecule has 1 heterocycles. The van der Waals surface area contributed by atoms with Gasteiger partial charge in [0.1, 0.15) is 0 Å². The van der Waals surface area contributed by atoms with Crippen molar-refractivity contribution in [3.8, 4) is 44.5 Å². The van der Waals surface area contributed by atoms with Gasteiger partial charge in [0.2, 0.25) is 0 Å². The molecule has 12 aromatic rings. The quantitative estimate of drug-likeness (QED) is 0.147. The number of fused-ring (bicyclic) bond motifs is 7. The van der Waals surface area contributed by atoms with Crippen LogP contribution in [0.1, 0.15) is 22.3 Å². The number of hydrogen-bond acceptors (Lipinski definition) is 2. The molecule has 0 spiro atoms. The molecule has 0 aliphatic heterocycles. The van der Waals surface area contributed by atoms with Crippen LogP contribution >= 0.6 is 11.3 Å². The molecule has 0 saturated carbocycles. The zero-order chi connectivity index (χ0) is 44.3. The molecule has 13 rings (SSSR count). The summed E-state index contributed by atoms with van der Waals surface area (Å²) in [5.74, 6) is 0. The monoisotopic (exact) mass is 869 g/mol. The molecule has 314 valence electrons. The summed E-state index contributed by atoms with van der Waals surface area (Å²) >= 11 is 1.88. The van der Waals surface area contributed by atoms with Gasteiger partial charge in [-0.2, -0.15) is 0 Å². The molecule has 0 amide bonds. The molecule has 11 aromatic carbocycles. The summed E-state index contributed by atoms with van der Waals surface area (Å²) in [5, 5.41) is 5.11. The lowest BCUT2D eigenvalue weighted by molar-refractivity contribution is 0.768. The second-order valence-corrected chi connectivity index (χ2v) is 18.6. The third kappa shape index (κ3) is 6.37. The van der Waals surface area contributed by atoms with Crippen LogP contribution in [-0.2, 0) is 5.41 Å². The first-order valence-corrected chi connectivity index (χ1v) is 23.9. The number of benzene rings is 11. The van der Waals surface area contributed by atoms with Crippen molar-refractivity contribution in [2.75, 3.05) is 4.90 Å². The van der Waals surface area contributed by atoms with Crippen molar-refractivity contribution >= 4 is 59.3 Å². The molecule has 1 aliphatic rings. The van der Waals surface area contributed by atoms with Crippen molar-refractivity contribution in [2.45, 2.75) is 5.41 Å². The van der Waals surface area contributed by atoms with Crippen LogP contribution in [0.5, 0.6) is 0 Å². The molecule has 0 radical (unpaired) electrons. The van der Waals surface area contributed by atoms with Crippen LogP contribution in [0.15, 0.2) is 261 Å². The fraction of sp³-hybridized carbons (Fsp3) is 0.0154. The molecule has 2 heteroatoms. The highest BCUT2D eigenvalue weighted by atomic mass is 32.1. The second-order valence-electron chi connectivity index (χ2n) is 17.6. The lowest BCUT2D eigenvalue weighted by Gasteiger charge is -2.35. The summed E-state index contributed by atoms with van der Waals surface area (Å²) in [6.45, 7) is 0. The lowest BCUT2D eigenvalue weighted by Crippen LogP contribution is -2.28. The van der Waals surface area contributed by atoms with E-state index in [1.165, 1.54) is 92.1 Å². The summed E-state index contributed by atoms with van der Waals surface area (Å²) in [5.41, 5.74) is 17.6. The molecule has 0 atom stereocenters. The van der Waals surface area contributed by atoms with Crippen molar-refractivity contribution in [3.63, 3.8) is 0 Å². The lowest BCUT2D eigenvalue weighted by atomic mass is 9.67. The summed E-state index contributed by atoms with van der Waals surface area (Å²) in [4.78, 5) is 2.46. The molecular weight excluding hydrogens is 827 g/mol. The van der Waals surface area contributed by atoms with Crippen LogP contribution in [0.4, 0.5) is 17.1 Å². The van der Waals surface area contributed by atoms with Gasteiger partial charge in [0, 0.05) is 37.2 Å². The molecule has 0 N–H and O–H groups in total. The molecule has 0 fully saturated rings. The summed E-state index contributed by atoms with van der Waals surface area (Å²) < 4.78 is 2.64. The minimum absolute atomic E-state index is 0.527. The Bertz CT molecular complexity index is 3780. The second kappa shape index (κ2) is 16.0. The van der Waals surface area contributed by atoms with Gasteiger partial charge in [0.25, 0.3) is 0 Å². The van der Waals surface area contributed by atoms with Crippen LogP contribution in [0, 0.1) is 0 Å². The number of thiophene rings is 1. The van der Waals surface area contributed by atoms with Crippen molar-refractivity contribution in [2.24, 2.45) is 0 Å². The van der Waals surface area contributed by atoms with Crippen molar-refractivity contribution in [1.29, 1.82) is 0 Å². The van der Waals surface area contributed by atoms with Gasteiger partial charge < -0.3 is 4.90 Å². The number of hydrogen-bond donors (Lipinski definition) is 0. The molecule has 1 aromatic heterocycles. The summed E-state index contributed by atoms with van der Waals surface area (Å²) in [6, 6.07) is 96.4. The van der Waals surface area contributed by atoms with E-state index in [9.17, 15) is 0 Å². The van der Waals surface area contributed by atoms with Gasteiger partial charge in [-0.05, 0) is 126 Å². The van der Waals surface area contributed by atoms with E-state index in [1.807, 2.05) is 11.3 Å². The van der Waals surface area contributed by atoms with Gasteiger partial charge in [-0.15, -0.1) is 11.3 Å². The van der Waals surface area contributed by atoms with Crippen molar-refractivity contribution < 1.29 is 0 Å². The Kier molecular flexibility index (Phi) is 9.33. The Balaban J connectivity index is 1.01. The largest absolute Gasteiger partial charge is 0.310 e. The third-order valence-corrected chi connectivity index (χ3v) is 15.1. The van der Waals surface area contributed by atoms with E-state index >= 15 is 0 Å². The van der Waals surface area contributed by atoms with Crippen molar-refractivity contribution in [1.82, 2.24) is 0 Å². The normalized spacial score (nSPS) is 12.6. The van der Waals surface area contributed by atoms with E-state index in [0.717, 1.165) is 22.6 Å². The van der Waals surface area contributed by atoms with E-state index < -0.39 is 5.41 Å². The summed E-state index contributed by atoms with van der Waals surface area (Å²) in [7, 11) is 0. The van der Waals surface area contributed by atoms with Gasteiger partial charge in [-0.3, -0.25) is 0 Å². The van der Waals surface area contributed by atoms with E-state index in [2.05, 4.69) is 266 Å². The third-order valence-electron chi connectivity index (χ3n) is 13.9. The number of anilines is 3. The highest BCUT2D eigenvalue weighted by Gasteiger charge is 2.46. The first kappa shape index (κ1) is 39.1. The zero-order valence-corrected chi connectivity index (χ0v) is 37.5. The molecule has 1 nitrogen and oxygen atoms in total. The predicted octanol–water partition coefficient (Wildman–Crippen LogP) is 18.0. The molecular formula is C65H43NS. The minimum atomic E-state index is -0.527. The highest BCUT2D eigenvalue weighted by Crippen LogP contribution is 2.57. The van der Waals surface area contributed by atoms with Gasteiger partial charge in [0.05, 0.1) is 5.41 Å². The maximum absolute atomic E-state index is 2.47. The standard InChI is InChI=1S/C65H43NS/c1-3-24-49(25-4-1)65(50-26-5-2-6-27-50)61-36-11-9-31-57(61)58-39-38-53(43-62(58)65)66(52-29-15-23-48(42-52)55-33-16-19-44-18-7-8-30-54(44)55)51-28-14-21-46(41-51)45-20-13-22-47(40-45)56-34-17-35-60-59-32-10-12-37-63(59)67-64(56)60/h1-43H. The Morgan fingerprint density at radius 2 is 0.806 bits per heavy atom. The first-order chi connectivity index (χ1) is 33.2. The Morgan fingerprint density at radius 3 is 1.60 bits per heavy atom. The van der Waals surface area contributed by atoms with Gasteiger partial charge in [-0.25, -0.2) is 0 Å². The maximum Gasteiger partial charge on any atom is 0.0714 e. The Morgan fingerprint density at radius 1 is 0.299 bits per heavy atom. The SMILES string of the molecule is c1ccc(C2(c3ccccc3)c3ccccc3-c3ccc(N(c4cccc(-c5cccc(-c6cccc7c6sc6ccccc67)c5)c4)c4cccc(-c5cccc6ccccc56)c4)cc32)cc1. The molecule has 67 heavy (non-hydrogen) atoms. The number of nitrogens with zero attached hydrogens (tertiary/aromatic N) is 1. The average Bonchev–Trinajstić information content (AvgIpc) is 3.93. The first-order valence-electron chi connectivity index (χ1n) is 23.1. The molecule has 0 unspecified atom stereocenters. The summed E-state index contributed by atoms with van der Waals surface area (Å²) in [6.07, 6.45) is 0. The van der Waals surface area contributed by atoms with E-state index in [1.54, 1.807) is 0 Å². The number of rotatable bonds is 8. The van der Waals surface area contributed by atoms with E-state index in [-0.39, 0.29) is 0 Å². The predicted molar refractivity (Wildman–Crippen MR) is 285 cm³/mol. The zero-order valence-electron chi connectivity index (χ0n) is 36.7. The van der Waals surface area contributed by atoms with Crippen LogP contribution in [0.2, 0.25) is 0 Å². The van der Waals surface area contributed by atoms with Gasteiger partial charge in [-0.1, -0.05) is 212 Å². The van der Waals surface area contributed by atoms with Gasteiger partial charge >= 0.3 is 0 Å². The van der Waals surface area contributed by atoms with Crippen molar-refractivity contribution in [3.05, 3.63) is 283 Å². The van der Waals surface area contributed by atoms with E-state index in [0.29, 0.717) is 0 Å². The minimum Gasteiger partial charge on any atom is -0.310 e. The van der Waals surface area contributed by atoms with Crippen LogP contribution in [0.3, 0.4) is 0 Å². The Labute approximate surface area is 395 Å². The van der Waals surface area contributed by atoms with Crippen LogP contribution < -0.4 is 4.90 Å². The molecule has 0 bridgehead atoms. The topological polar surface area (TPSA) is 3.24 Å². The maximum atomic E-state index is 2.47. The molecule has 0 saturated heterocycles. The average molecular weight is 870 g/mol. The Hall–Kier alpha value is -8.30. The smallest absolute Gasteiger partial charge is 0.0714 e. The molecule has 1 aliphatic carbocycles. The van der Waals surface area contributed by atoms with Crippen LogP contribution in [0.25, 0.3) is 75.5 Å². The van der Waals surface area contributed by atoms with Gasteiger partial charge in [0.15, 0.2) is 0 Å².